The van der Waals surface area contributed by atoms with Gasteiger partial charge in [0.05, 0.1) is 10.7 Å². The molecule has 0 aromatic heterocycles. The van der Waals surface area contributed by atoms with Gasteiger partial charge in [0.1, 0.15) is 11.6 Å². The lowest BCUT2D eigenvalue weighted by molar-refractivity contribution is -0.118. The van der Waals surface area contributed by atoms with E-state index in [1.165, 1.54) is 31.2 Å². The number of ketones is 1. The first-order valence-corrected chi connectivity index (χ1v) is 7.03. The van der Waals surface area contributed by atoms with Crippen molar-refractivity contribution >= 4 is 34.7 Å². The summed E-state index contributed by atoms with van der Waals surface area (Å²) >= 11 is 5.63. The van der Waals surface area contributed by atoms with Crippen molar-refractivity contribution in [2.45, 2.75) is 6.92 Å². The maximum atomic E-state index is 13.0. The molecule has 2 aromatic carbocycles. The van der Waals surface area contributed by atoms with Gasteiger partial charge in [-0.3, -0.25) is 9.59 Å². The lowest BCUT2D eigenvalue weighted by atomic mass is 10.1. The highest BCUT2D eigenvalue weighted by molar-refractivity contribution is 6.31. The third-order valence-electron chi connectivity index (χ3n) is 2.98. The number of amides is 1. The molecule has 120 valence electrons. The smallest absolute Gasteiger partial charge is 0.262 e. The number of carbonyl (C=O) groups is 2. The van der Waals surface area contributed by atoms with Crippen molar-refractivity contribution in [1.82, 2.24) is 0 Å². The van der Waals surface area contributed by atoms with Crippen LogP contribution in [0.2, 0.25) is 5.02 Å². The second kappa shape index (κ2) is 7.11. The summed E-state index contributed by atoms with van der Waals surface area (Å²) in [6, 6.07) is 8.40. The molecule has 0 atom stereocenters. The largest absolute Gasteiger partial charge is 0.482 e. The van der Waals surface area contributed by atoms with Crippen molar-refractivity contribution < 1.29 is 18.7 Å². The first-order valence-electron chi connectivity index (χ1n) is 6.65. The zero-order valence-corrected chi connectivity index (χ0v) is 13.0. The summed E-state index contributed by atoms with van der Waals surface area (Å²) in [4.78, 5) is 23.0. The van der Waals surface area contributed by atoms with Crippen molar-refractivity contribution in [3.05, 3.63) is 52.8 Å². The van der Waals surface area contributed by atoms with Gasteiger partial charge in [0.25, 0.3) is 5.91 Å². The van der Waals surface area contributed by atoms with Crippen LogP contribution in [0.1, 0.15) is 17.3 Å². The van der Waals surface area contributed by atoms with Gasteiger partial charge in [-0.15, -0.1) is 0 Å². The SMILES string of the molecule is CC(=O)c1ccc(OCC(=O)Nc2ccc(F)c(Cl)c2)c(N)c1. The number of hydrogen-bond donors (Lipinski definition) is 2. The molecule has 1 amide bonds. The fourth-order valence-electron chi connectivity index (χ4n) is 1.81. The average molecular weight is 337 g/mol. The van der Waals surface area contributed by atoms with Crippen LogP contribution in [-0.2, 0) is 4.79 Å². The van der Waals surface area contributed by atoms with Crippen LogP contribution in [0.5, 0.6) is 5.75 Å². The summed E-state index contributed by atoms with van der Waals surface area (Å²) in [6.45, 7) is 1.13. The number of Topliss-reactive ketones (excluding diaryl/α,β-unsaturated/α-hetero) is 1. The summed E-state index contributed by atoms with van der Waals surface area (Å²) < 4.78 is 18.3. The Morgan fingerprint density at radius 2 is 2.00 bits per heavy atom. The molecule has 7 heteroatoms. The molecule has 0 fully saturated rings. The average Bonchev–Trinajstić information content (AvgIpc) is 2.49. The maximum Gasteiger partial charge on any atom is 0.262 e. The maximum absolute atomic E-state index is 13.0. The highest BCUT2D eigenvalue weighted by Crippen LogP contribution is 2.23. The van der Waals surface area contributed by atoms with E-state index < -0.39 is 11.7 Å². The molecule has 0 spiro atoms. The summed E-state index contributed by atoms with van der Waals surface area (Å²) in [5, 5.41) is 2.43. The van der Waals surface area contributed by atoms with Crippen LogP contribution < -0.4 is 15.8 Å². The fraction of sp³-hybridized carbons (Fsp3) is 0.125. The minimum atomic E-state index is -0.570. The van der Waals surface area contributed by atoms with Gasteiger partial charge in [0.15, 0.2) is 12.4 Å². The van der Waals surface area contributed by atoms with Crippen LogP contribution in [-0.4, -0.2) is 18.3 Å². The molecule has 0 heterocycles. The van der Waals surface area contributed by atoms with Crippen molar-refractivity contribution in [3.8, 4) is 5.75 Å². The number of anilines is 2. The Morgan fingerprint density at radius 3 is 2.61 bits per heavy atom. The predicted molar refractivity (Wildman–Crippen MR) is 86.4 cm³/mol. The molecule has 0 radical (unpaired) electrons. The van der Waals surface area contributed by atoms with Crippen LogP contribution in [0.3, 0.4) is 0 Å². The van der Waals surface area contributed by atoms with Gasteiger partial charge in [0, 0.05) is 11.3 Å². The molecular weight excluding hydrogens is 323 g/mol. The van der Waals surface area contributed by atoms with Gasteiger partial charge in [-0.1, -0.05) is 11.6 Å². The number of nitrogens with one attached hydrogen (secondary N) is 1. The van der Waals surface area contributed by atoms with Crippen molar-refractivity contribution in [1.29, 1.82) is 0 Å². The monoisotopic (exact) mass is 336 g/mol. The summed E-state index contributed by atoms with van der Waals surface area (Å²) in [5.41, 5.74) is 6.84. The van der Waals surface area contributed by atoms with E-state index in [-0.39, 0.29) is 23.1 Å². The molecule has 2 aromatic rings. The minimum Gasteiger partial charge on any atom is -0.482 e. The van der Waals surface area contributed by atoms with Crippen molar-refractivity contribution in [3.63, 3.8) is 0 Å². The molecule has 0 saturated carbocycles. The molecular formula is C16H14ClFN2O3. The summed E-state index contributed by atoms with van der Waals surface area (Å²) in [5.74, 6) is -0.849. The fourth-order valence-corrected chi connectivity index (χ4v) is 1.99. The van der Waals surface area contributed by atoms with E-state index >= 15 is 0 Å². The van der Waals surface area contributed by atoms with Gasteiger partial charge in [-0.25, -0.2) is 4.39 Å². The second-order valence-corrected chi connectivity index (χ2v) is 5.18. The quantitative estimate of drug-likeness (QED) is 0.648. The number of ether oxygens (including phenoxy) is 1. The number of carbonyl (C=O) groups excluding carboxylic acids is 2. The first kappa shape index (κ1) is 16.8. The van der Waals surface area contributed by atoms with Gasteiger partial charge in [-0.2, -0.15) is 0 Å². The van der Waals surface area contributed by atoms with E-state index in [9.17, 15) is 14.0 Å². The Labute approximate surface area is 137 Å². The lowest BCUT2D eigenvalue weighted by Gasteiger charge is -2.10. The van der Waals surface area contributed by atoms with E-state index in [0.717, 1.165) is 6.07 Å². The van der Waals surface area contributed by atoms with E-state index in [2.05, 4.69) is 5.32 Å². The normalized spacial score (nSPS) is 10.2. The van der Waals surface area contributed by atoms with Crippen LogP contribution in [0.15, 0.2) is 36.4 Å². The molecule has 0 bridgehead atoms. The van der Waals surface area contributed by atoms with Crippen molar-refractivity contribution in [2.24, 2.45) is 0 Å². The van der Waals surface area contributed by atoms with Gasteiger partial charge in [-0.05, 0) is 43.3 Å². The first-order chi connectivity index (χ1) is 10.9. The molecule has 5 nitrogen and oxygen atoms in total. The van der Waals surface area contributed by atoms with E-state index in [1.807, 2.05) is 0 Å². The van der Waals surface area contributed by atoms with Crippen LogP contribution in [0, 0.1) is 5.82 Å². The standard InChI is InChI=1S/C16H14ClFN2O3/c1-9(21)10-2-5-15(14(19)6-10)23-8-16(22)20-11-3-4-13(18)12(17)7-11/h2-7H,8,19H2,1H3,(H,20,22). The lowest BCUT2D eigenvalue weighted by Crippen LogP contribution is -2.20. The molecule has 0 aliphatic carbocycles. The number of halogens is 2. The van der Waals surface area contributed by atoms with E-state index in [0.29, 0.717) is 17.0 Å². The Hall–Kier alpha value is -2.60. The molecule has 2 rings (SSSR count). The zero-order chi connectivity index (χ0) is 17.0. The highest BCUT2D eigenvalue weighted by Gasteiger charge is 2.09. The Kier molecular flexibility index (Phi) is 5.18. The molecule has 0 saturated heterocycles. The van der Waals surface area contributed by atoms with Crippen molar-refractivity contribution in [2.75, 3.05) is 17.7 Å². The van der Waals surface area contributed by atoms with Crippen LogP contribution in [0.4, 0.5) is 15.8 Å². The Morgan fingerprint density at radius 1 is 1.26 bits per heavy atom. The number of rotatable bonds is 5. The highest BCUT2D eigenvalue weighted by atomic mass is 35.5. The van der Waals surface area contributed by atoms with E-state index in [4.69, 9.17) is 22.1 Å². The Balaban J connectivity index is 1.96. The molecule has 3 N–H and O–H groups in total. The topological polar surface area (TPSA) is 81.4 Å². The second-order valence-electron chi connectivity index (χ2n) is 4.77. The Bertz CT molecular complexity index is 765. The third kappa shape index (κ3) is 4.43. The minimum absolute atomic E-state index is 0.0900. The number of nitrogens with two attached hydrogens (primary N) is 1. The zero-order valence-electron chi connectivity index (χ0n) is 12.2. The number of hydrogen-bond acceptors (Lipinski definition) is 4. The molecule has 0 aliphatic rings. The molecule has 23 heavy (non-hydrogen) atoms. The molecule has 0 aliphatic heterocycles. The molecule has 0 unspecified atom stereocenters. The van der Waals surface area contributed by atoms with Crippen LogP contribution >= 0.6 is 11.6 Å². The number of nitrogen functional groups attached to an aromatic ring is 1. The summed E-state index contributed by atoms with van der Waals surface area (Å²) in [7, 11) is 0. The summed E-state index contributed by atoms with van der Waals surface area (Å²) in [6.07, 6.45) is 0. The third-order valence-corrected chi connectivity index (χ3v) is 3.27. The van der Waals surface area contributed by atoms with Gasteiger partial charge < -0.3 is 15.8 Å². The number of benzene rings is 2. The van der Waals surface area contributed by atoms with Gasteiger partial charge in [0.2, 0.25) is 0 Å². The van der Waals surface area contributed by atoms with Gasteiger partial charge >= 0.3 is 0 Å². The predicted octanol–water partition coefficient (Wildman–Crippen LogP) is 3.28. The van der Waals surface area contributed by atoms with Crippen LogP contribution in [0.25, 0.3) is 0 Å². The van der Waals surface area contributed by atoms with E-state index in [1.54, 1.807) is 6.07 Å².